The number of H-pyrrole nitrogens is 1. The lowest BCUT2D eigenvalue weighted by Crippen LogP contribution is -2.39. The molecule has 4 heteroatoms. The van der Waals surface area contributed by atoms with Crippen molar-refractivity contribution in [3.63, 3.8) is 0 Å². The number of nitrogens with one attached hydrogen (secondary N) is 1. The molecule has 0 aliphatic carbocycles. The number of benzene rings is 2. The van der Waals surface area contributed by atoms with Crippen LogP contribution in [0.4, 0.5) is 0 Å². The summed E-state index contributed by atoms with van der Waals surface area (Å²) < 4.78 is 0. The van der Waals surface area contributed by atoms with Crippen LogP contribution in [-0.2, 0) is 12.1 Å². The van der Waals surface area contributed by atoms with Crippen LogP contribution in [0.5, 0.6) is 0 Å². The maximum Gasteiger partial charge on any atom is 0.0953 e. The van der Waals surface area contributed by atoms with E-state index in [0.717, 1.165) is 37.3 Å². The first-order valence-corrected chi connectivity index (χ1v) is 8.82. The van der Waals surface area contributed by atoms with Crippen molar-refractivity contribution in [3.8, 4) is 11.3 Å². The fraction of sp³-hybridized carbons (Fsp3) is 0.286. The maximum atomic E-state index is 6.69. The molecule has 25 heavy (non-hydrogen) atoms. The van der Waals surface area contributed by atoms with E-state index in [2.05, 4.69) is 58.4 Å². The predicted octanol–water partition coefficient (Wildman–Crippen LogP) is 3.45. The Balaban J connectivity index is 1.50. The highest BCUT2D eigenvalue weighted by atomic mass is 15.2. The van der Waals surface area contributed by atoms with E-state index in [9.17, 15) is 0 Å². The van der Waals surface area contributed by atoms with Crippen molar-refractivity contribution in [1.82, 2.24) is 15.1 Å². The normalized spacial score (nSPS) is 20.9. The van der Waals surface area contributed by atoms with Crippen molar-refractivity contribution < 1.29 is 0 Å². The van der Waals surface area contributed by atoms with Crippen LogP contribution in [0.3, 0.4) is 0 Å². The van der Waals surface area contributed by atoms with Crippen LogP contribution in [0.15, 0.2) is 60.7 Å². The van der Waals surface area contributed by atoms with E-state index in [1.807, 2.05) is 24.3 Å². The third-order valence-corrected chi connectivity index (χ3v) is 5.27. The van der Waals surface area contributed by atoms with Gasteiger partial charge in [0, 0.05) is 25.2 Å². The zero-order valence-electron chi connectivity index (χ0n) is 14.6. The standard InChI is InChI=1S/C21H24N4/c1-16-19(23-24-20(16)17-8-4-2-5-9-17)14-25-13-12-21(22,15-25)18-10-6-3-7-11-18/h2-11H,12-15,22H2,1H3,(H,23,24). The summed E-state index contributed by atoms with van der Waals surface area (Å²) >= 11 is 0. The average molecular weight is 332 g/mol. The minimum atomic E-state index is -0.253. The molecule has 0 bridgehead atoms. The molecule has 2 heterocycles. The van der Waals surface area contributed by atoms with Crippen LogP contribution < -0.4 is 5.73 Å². The lowest BCUT2D eigenvalue weighted by Gasteiger charge is -2.25. The van der Waals surface area contributed by atoms with E-state index >= 15 is 0 Å². The zero-order chi connectivity index (χ0) is 17.3. The van der Waals surface area contributed by atoms with Crippen LogP contribution in [0, 0.1) is 6.92 Å². The Morgan fingerprint density at radius 2 is 1.76 bits per heavy atom. The second kappa shape index (κ2) is 6.47. The molecule has 0 saturated carbocycles. The molecule has 1 unspecified atom stereocenters. The summed E-state index contributed by atoms with van der Waals surface area (Å²) in [4.78, 5) is 2.42. The quantitative estimate of drug-likeness (QED) is 0.769. The average Bonchev–Trinajstić information content (AvgIpc) is 3.21. The van der Waals surface area contributed by atoms with Gasteiger partial charge in [-0.05, 0) is 24.5 Å². The molecule has 1 aromatic heterocycles. The third-order valence-electron chi connectivity index (χ3n) is 5.27. The lowest BCUT2D eigenvalue weighted by atomic mass is 9.90. The predicted molar refractivity (Wildman–Crippen MR) is 101 cm³/mol. The lowest BCUT2D eigenvalue weighted by molar-refractivity contribution is 0.300. The fourth-order valence-electron chi connectivity index (χ4n) is 3.74. The number of aromatic nitrogens is 2. The first kappa shape index (κ1) is 16.1. The number of rotatable bonds is 4. The van der Waals surface area contributed by atoms with Crippen molar-refractivity contribution in [3.05, 3.63) is 77.5 Å². The highest BCUT2D eigenvalue weighted by molar-refractivity contribution is 5.63. The van der Waals surface area contributed by atoms with Gasteiger partial charge in [0.2, 0.25) is 0 Å². The molecule has 3 N–H and O–H groups in total. The largest absolute Gasteiger partial charge is 0.320 e. The molecule has 1 aliphatic heterocycles. The summed E-state index contributed by atoms with van der Waals surface area (Å²) in [7, 11) is 0. The molecule has 1 fully saturated rings. The highest BCUT2D eigenvalue weighted by Crippen LogP contribution is 2.31. The van der Waals surface area contributed by atoms with Gasteiger partial charge in [-0.3, -0.25) is 10.00 Å². The van der Waals surface area contributed by atoms with Crippen molar-refractivity contribution in [2.75, 3.05) is 13.1 Å². The molecule has 4 nitrogen and oxygen atoms in total. The summed E-state index contributed by atoms with van der Waals surface area (Å²) in [6.07, 6.45) is 0.982. The van der Waals surface area contributed by atoms with Gasteiger partial charge < -0.3 is 5.73 Å². The fourth-order valence-corrected chi connectivity index (χ4v) is 3.74. The molecule has 128 valence electrons. The van der Waals surface area contributed by atoms with Gasteiger partial charge in [-0.15, -0.1) is 0 Å². The number of nitrogens with two attached hydrogens (primary N) is 1. The van der Waals surface area contributed by atoms with E-state index in [4.69, 9.17) is 5.73 Å². The molecule has 0 radical (unpaired) electrons. The minimum Gasteiger partial charge on any atom is -0.320 e. The monoisotopic (exact) mass is 332 g/mol. The Kier molecular flexibility index (Phi) is 4.15. The van der Waals surface area contributed by atoms with Crippen LogP contribution in [0.1, 0.15) is 23.2 Å². The smallest absolute Gasteiger partial charge is 0.0953 e. The number of hydrogen-bond donors (Lipinski definition) is 2. The van der Waals surface area contributed by atoms with Crippen molar-refractivity contribution in [1.29, 1.82) is 0 Å². The topological polar surface area (TPSA) is 57.9 Å². The molecule has 0 amide bonds. The van der Waals surface area contributed by atoms with E-state index in [1.54, 1.807) is 0 Å². The zero-order valence-corrected chi connectivity index (χ0v) is 14.6. The van der Waals surface area contributed by atoms with Gasteiger partial charge in [-0.25, -0.2) is 0 Å². The summed E-state index contributed by atoms with van der Waals surface area (Å²) in [6.45, 7) is 4.88. The van der Waals surface area contributed by atoms with Crippen molar-refractivity contribution in [2.24, 2.45) is 5.73 Å². The van der Waals surface area contributed by atoms with Gasteiger partial charge in [-0.1, -0.05) is 60.7 Å². The van der Waals surface area contributed by atoms with Crippen LogP contribution >= 0.6 is 0 Å². The molecule has 2 aromatic carbocycles. The van der Waals surface area contributed by atoms with Crippen LogP contribution in [-0.4, -0.2) is 28.2 Å². The summed E-state index contributed by atoms with van der Waals surface area (Å²) in [5.41, 5.74) is 12.3. The van der Waals surface area contributed by atoms with Crippen molar-refractivity contribution in [2.45, 2.75) is 25.4 Å². The van der Waals surface area contributed by atoms with Gasteiger partial charge >= 0.3 is 0 Å². The first-order chi connectivity index (χ1) is 12.2. The van der Waals surface area contributed by atoms with E-state index in [-0.39, 0.29) is 5.54 Å². The van der Waals surface area contributed by atoms with E-state index < -0.39 is 0 Å². The Hall–Kier alpha value is -2.43. The Bertz CT molecular complexity index is 841. The van der Waals surface area contributed by atoms with Crippen LogP contribution in [0.25, 0.3) is 11.3 Å². The number of nitrogens with zero attached hydrogens (tertiary/aromatic N) is 2. The molecule has 1 saturated heterocycles. The van der Waals surface area contributed by atoms with Gasteiger partial charge in [0.25, 0.3) is 0 Å². The molecule has 0 spiro atoms. The Morgan fingerprint density at radius 1 is 1.08 bits per heavy atom. The molecular formula is C21H24N4. The summed E-state index contributed by atoms with van der Waals surface area (Å²) in [6, 6.07) is 20.8. The van der Waals surface area contributed by atoms with E-state index in [0.29, 0.717) is 0 Å². The molecule has 4 rings (SSSR count). The number of likely N-dealkylation sites (tertiary alicyclic amines) is 1. The van der Waals surface area contributed by atoms with Crippen LogP contribution in [0.2, 0.25) is 0 Å². The molecule has 1 atom stereocenters. The minimum absolute atomic E-state index is 0.253. The van der Waals surface area contributed by atoms with Gasteiger partial charge in [0.15, 0.2) is 0 Å². The Morgan fingerprint density at radius 3 is 2.48 bits per heavy atom. The van der Waals surface area contributed by atoms with Gasteiger partial charge in [0.1, 0.15) is 0 Å². The second-order valence-corrected chi connectivity index (χ2v) is 7.02. The molecule has 1 aliphatic rings. The summed E-state index contributed by atoms with van der Waals surface area (Å²) in [5.74, 6) is 0. The number of hydrogen-bond acceptors (Lipinski definition) is 3. The van der Waals surface area contributed by atoms with E-state index in [1.165, 1.54) is 16.8 Å². The summed E-state index contributed by atoms with van der Waals surface area (Å²) in [5, 5.41) is 7.77. The molecular weight excluding hydrogens is 308 g/mol. The number of aromatic amines is 1. The van der Waals surface area contributed by atoms with Gasteiger partial charge in [0.05, 0.1) is 16.9 Å². The van der Waals surface area contributed by atoms with Crippen molar-refractivity contribution >= 4 is 0 Å². The Labute approximate surface area is 148 Å². The highest BCUT2D eigenvalue weighted by Gasteiger charge is 2.36. The SMILES string of the molecule is Cc1c(-c2ccccc2)n[nH]c1CN1CCC(N)(c2ccccc2)C1. The molecule has 3 aromatic rings. The van der Waals surface area contributed by atoms with Gasteiger partial charge in [-0.2, -0.15) is 5.10 Å². The third kappa shape index (κ3) is 3.11. The maximum absolute atomic E-state index is 6.69. The second-order valence-electron chi connectivity index (χ2n) is 7.02. The first-order valence-electron chi connectivity index (χ1n) is 8.82.